The van der Waals surface area contributed by atoms with Crippen molar-refractivity contribution in [3.8, 4) is 11.8 Å². The van der Waals surface area contributed by atoms with Crippen molar-refractivity contribution in [3.63, 3.8) is 0 Å². The summed E-state index contributed by atoms with van der Waals surface area (Å²) in [6, 6.07) is 5.51. The van der Waals surface area contributed by atoms with Crippen LogP contribution < -0.4 is 10.1 Å². The van der Waals surface area contributed by atoms with E-state index in [1.54, 1.807) is 26.0 Å². The van der Waals surface area contributed by atoms with E-state index in [2.05, 4.69) is 11.4 Å². The number of halogens is 2. The van der Waals surface area contributed by atoms with Gasteiger partial charge in [-0.15, -0.1) is 0 Å². The Morgan fingerprint density at radius 2 is 2.00 bits per heavy atom. The molecule has 1 aromatic rings. The van der Waals surface area contributed by atoms with Crippen molar-refractivity contribution < 1.29 is 9.53 Å². The molecule has 0 aliphatic carbocycles. The predicted molar refractivity (Wildman–Crippen MR) is 92.9 cm³/mol. The minimum atomic E-state index is -0.908. The third-order valence-electron chi connectivity index (χ3n) is 4.05. The summed E-state index contributed by atoms with van der Waals surface area (Å²) in [7, 11) is 0. The molecule has 0 aliphatic heterocycles. The van der Waals surface area contributed by atoms with Gasteiger partial charge in [0.05, 0.1) is 11.1 Å². The second-order valence-electron chi connectivity index (χ2n) is 5.83. The zero-order chi connectivity index (χ0) is 17.8. The minimum absolute atomic E-state index is 0.0185. The summed E-state index contributed by atoms with van der Waals surface area (Å²) in [4.78, 5) is 12.4. The molecule has 4 nitrogen and oxygen atoms in total. The minimum Gasteiger partial charge on any atom is -0.479 e. The highest BCUT2D eigenvalue weighted by atomic mass is 35.5. The van der Waals surface area contributed by atoms with Gasteiger partial charge < -0.3 is 10.1 Å². The molecule has 0 spiro atoms. The summed E-state index contributed by atoms with van der Waals surface area (Å²) >= 11 is 12.2. The van der Waals surface area contributed by atoms with Gasteiger partial charge in [0.1, 0.15) is 11.3 Å². The number of carbonyl (C=O) groups excluding carboxylic acids is 1. The Morgan fingerprint density at radius 1 is 1.39 bits per heavy atom. The van der Waals surface area contributed by atoms with Crippen molar-refractivity contribution >= 4 is 29.1 Å². The van der Waals surface area contributed by atoms with Gasteiger partial charge in [-0.1, -0.05) is 44.0 Å². The Kier molecular flexibility index (Phi) is 6.73. The lowest BCUT2D eigenvalue weighted by atomic mass is 9.85. The Morgan fingerprint density at radius 3 is 2.48 bits per heavy atom. The summed E-state index contributed by atoms with van der Waals surface area (Å²) in [5.41, 5.74) is -0.213. The zero-order valence-corrected chi connectivity index (χ0v) is 15.5. The molecule has 0 radical (unpaired) electrons. The summed E-state index contributed by atoms with van der Waals surface area (Å²) in [6.45, 7) is 9.07. The standard InChI is InChI=1S/C17H22Cl2N2O2/c1-6-17(9-20,10(2)3)21-16(22)12(5)23-14-8-7-13(18)11(4)15(14)19/h7-8,10,12H,6H2,1-5H3,(H,21,22). The van der Waals surface area contributed by atoms with Crippen LogP contribution in [0.5, 0.6) is 5.75 Å². The third-order valence-corrected chi connectivity index (χ3v) is 4.93. The maximum Gasteiger partial charge on any atom is 0.262 e. The van der Waals surface area contributed by atoms with E-state index in [4.69, 9.17) is 27.9 Å². The second-order valence-corrected chi connectivity index (χ2v) is 6.61. The lowest BCUT2D eigenvalue weighted by Crippen LogP contribution is -2.54. The molecular formula is C17H22Cl2N2O2. The number of benzene rings is 1. The second kappa shape index (κ2) is 7.90. The fourth-order valence-electron chi connectivity index (χ4n) is 2.17. The van der Waals surface area contributed by atoms with Crippen LogP contribution in [0.2, 0.25) is 10.0 Å². The normalized spacial score (nSPS) is 14.7. The smallest absolute Gasteiger partial charge is 0.262 e. The van der Waals surface area contributed by atoms with Gasteiger partial charge in [-0.05, 0) is 43.9 Å². The van der Waals surface area contributed by atoms with Crippen LogP contribution in [0.1, 0.15) is 39.7 Å². The Bertz CT molecular complexity index is 626. The van der Waals surface area contributed by atoms with Crippen LogP contribution in [0, 0.1) is 24.2 Å². The molecule has 0 heterocycles. The molecule has 126 valence electrons. The molecule has 2 atom stereocenters. The molecule has 0 aliphatic rings. The van der Waals surface area contributed by atoms with Crippen LogP contribution in [-0.2, 0) is 4.79 Å². The fourth-order valence-corrected chi connectivity index (χ4v) is 2.59. The largest absolute Gasteiger partial charge is 0.479 e. The number of hydrogen-bond acceptors (Lipinski definition) is 3. The molecule has 0 fully saturated rings. The quantitative estimate of drug-likeness (QED) is 0.815. The van der Waals surface area contributed by atoms with Crippen molar-refractivity contribution in [2.45, 2.75) is 52.7 Å². The molecule has 1 amide bonds. The number of nitrogens with zero attached hydrogens (tertiary/aromatic N) is 1. The first kappa shape index (κ1) is 19.6. The first-order chi connectivity index (χ1) is 10.7. The van der Waals surface area contributed by atoms with Crippen molar-refractivity contribution in [3.05, 3.63) is 27.7 Å². The van der Waals surface area contributed by atoms with Gasteiger partial charge in [0.15, 0.2) is 6.10 Å². The topological polar surface area (TPSA) is 62.1 Å². The Labute approximate surface area is 147 Å². The van der Waals surface area contributed by atoms with E-state index < -0.39 is 11.6 Å². The molecule has 6 heteroatoms. The molecule has 23 heavy (non-hydrogen) atoms. The van der Waals surface area contributed by atoms with Crippen LogP contribution in [0.25, 0.3) is 0 Å². The van der Waals surface area contributed by atoms with Gasteiger partial charge in [-0.2, -0.15) is 5.26 Å². The summed E-state index contributed by atoms with van der Waals surface area (Å²) in [5.74, 6) is 0.0144. The van der Waals surface area contributed by atoms with E-state index in [0.29, 0.717) is 27.8 Å². The van der Waals surface area contributed by atoms with Crippen molar-refractivity contribution in [2.75, 3.05) is 0 Å². The van der Waals surface area contributed by atoms with Crippen LogP contribution >= 0.6 is 23.2 Å². The number of hydrogen-bond donors (Lipinski definition) is 1. The average molecular weight is 357 g/mol. The summed E-state index contributed by atoms with van der Waals surface area (Å²) in [6.07, 6.45) is -0.272. The highest BCUT2D eigenvalue weighted by Crippen LogP contribution is 2.33. The van der Waals surface area contributed by atoms with E-state index in [0.717, 1.165) is 0 Å². The molecule has 1 N–H and O–H groups in total. The van der Waals surface area contributed by atoms with E-state index in [1.165, 1.54) is 0 Å². The first-order valence-electron chi connectivity index (χ1n) is 7.53. The number of nitriles is 1. The molecule has 1 rings (SSSR count). The highest BCUT2D eigenvalue weighted by molar-refractivity contribution is 6.36. The number of amides is 1. The van der Waals surface area contributed by atoms with Crippen molar-refractivity contribution in [1.82, 2.24) is 5.32 Å². The van der Waals surface area contributed by atoms with Gasteiger partial charge in [0.2, 0.25) is 0 Å². The lowest BCUT2D eigenvalue weighted by Gasteiger charge is -2.31. The number of rotatable bonds is 6. The van der Waals surface area contributed by atoms with Crippen LogP contribution in [0.3, 0.4) is 0 Å². The van der Waals surface area contributed by atoms with Gasteiger partial charge >= 0.3 is 0 Å². The molecule has 0 bridgehead atoms. The monoisotopic (exact) mass is 356 g/mol. The van der Waals surface area contributed by atoms with Crippen molar-refractivity contribution in [2.24, 2.45) is 5.92 Å². The Hall–Kier alpha value is -1.44. The highest BCUT2D eigenvalue weighted by Gasteiger charge is 2.35. The lowest BCUT2D eigenvalue weighted by molar-refractivity contribution is -0.129. The first-order valence-corrected chi connectivity index (χ1v) is 8.28. The van der Waals surface area contributed by atoms with Crippen molar-refractivity contribution in [1.29, 1.82) is 5.26 Å². The molecule has 2 unspecified atom stereocenters. The van der Waals surface area contributed by atoms with Crippen LogP contribution in [0.15, 0.2) is 12.1 Å². The van der Waals surface area contributed by atoms with Gasteiger partial charge in [0.25, 0.3) is 5.91 Å². The number of ether oxygens (including phenoxy) is 1. The van der Waals surface area contributed by atoms with Gasteiger partial charge in [-0.3, -0.25) is 4.79 Å². The fraction of sp³-hybridized carbons (Fsp3) is 0.529. The predicted octanol–water partition coefficient (Wildman–Crippen LogP) is 4.51. The molecule has 0 saturated carbocycles. The van der Waals surface area contributed by atoms with Gasteiger partial charge in [-0.25, -0.2) is 0 Å². The maximum atomic E-state index is 12.4. The summed E-state index contributed by atoms with van der Waals surface area (Å²) < 4.78 is 5.65. The maximum absolute atomic E-state index is 12.4. The molecular weight excluding hydrogens is 335 g/mol. The van der Waals surface area contributed by atoms with Gasteiger partial charge in [0, 0.05) is 5.02 Å². The summed E-state index contributed by atoms with van der Waals surface area (Å²) in [5, 5.41) is 13.2. The van der Waals surface area contributed by atoms with Crippen LogP contribution in [0.4, 0.5) is 0 Å². The van der Waals surface area contributed by atoms with E-state index in [-0.39, 0.29) is 11.8 Å². The Balaban J connectivity index is 2.90. The SMILES string of the molecule is CCC(C#N)(NC(=O)C(C)Oc1ccc(Cl)c(C)c1Cl)C(C)C. The third kappa shape index (κ3) is 4.31. The number of nitrogens with one attached hydrogen (secondary N) is 1. The molecule has 0 aromatic heterocycles. The zero-order valence-electron chi connectivity index (χ0n) is 14.0. The van der Waals surface area contributed by atoms with E-state index in [1.807, 2.05) is 20.8 Å². The molecule has 0 saturated heterocycles. The van der Waals surface area contributed by atoms with E-state index in [9.17, 15) is 10.1 Å². The van der Waals surface area contributed by atoms with Crippen LogP contribution in [-0.4, -0.2) is 17.6 Å². The average Bonchev–Trinajstić information content (AvgIpc) is 2.52. The molecule has 1 aromatic carbocycles. The van der Waals surface area contributed by atoms with E-state index >= 15 is 0 Å². The number of carbonyl (C=O) groups is 1.